The van der Waals surface area contributed by atoms with Crippen molar-refractivity contribution in [3.05, 3.63) is 12.7 Å². The Morgan fingerprint density at radius 2 is 1.86 bits per heavy atom. The molecule has 2 aliphatic carbocycles. The summed E-state index contributed by atoms with van der Waals surface area (Å²) < 4.78 is 0. The SMILES string of the molecule is C=CCN(CC1CCCCC1)C(=O)CC1(C(=O)O)CCC1. The molecule has 2 saturated carbocycles. The third-order valence-corrected chi connectivity index (χ3v) is 5.16. The molecule has 0 saturated heterocycles. The van der Waals surface area contributed by atoms with Crippen LogP contribution in [-0.2, 0) is 9.59 Å². The molecule has 4 heteroatoms. The highest BCUT2D eigenvalue weighted by molar-refractivity contribution is 5.85. The Bertz CT molecular complexity index is 395. The van der Waals surface area contributed by atoms with E-state index in [1.807, 2.05) is 4.90 Å². The van der Waals surface area contributed by atoms with E-state index >= 15 is 0 Å². The van der Waals surface area contributed by atoms with E-state index < -0.39 is 11.4 Å². The molecule has 0 bridgehead atoms. The van der Waals surface area contributed by atoms with Crippen molar-refractivity contribution in [3.8, 4) is 0 Å². The van der Waals surface area contributed by atoms with Gasteiger partial charge in [0.2, 0.25) is 5.91 Å². The van der Waals surface area contributed by atoms with Crippen molar-refractivity contribution in [3.63, 3.8) is 0 Å². The molecule has 2 fully saturated rings. The van der Waals surface area contributed by atoms with Crippen LogP contribution < -0.4 is 0 Å². The lowest BCUT2D eigenvalue weighted by atomic mass is 9.66. The number of carboxylic acids is 1. The van der Waals surface area contributed by atoms with E-state index in [4.69, 9.17) is 0 Å². The van der Waals surface area contributed by atoms with Gasteiger partial charge in [-0.05, 0) is 31.6 Å². The third-order valence-electron chi connectivity index (χ3n) is 5.16. The summed E-state index contributed by atoms with van der Waals surface area (Å²) in [4.78, 5) is 25.8. The van der Waals surface area contributed by atoms with Gasteiger partial charge in [-0.25, -0.2) is 0 Å². The molecule has 2 aliphatic rings. The maximum atomic E-state index is 12.5. The minimum atomic E-state index is -0.807. The van der Waals surface area contributed by atoms with Crippen LogP contribution in [0.3, 0.4) is 0 Å². The van der Waals surface area contributed by atoms with E-state index in [-0.39, 0.29) is 12.3 Å². The van der Waals surface area contributed by atoms with Crippen LogP contribution in [-0.4, -0.2) is 35.0 Å². The Kier molecular flexibility index (Phi) is 5.43. The van der Waals surface area contributed by atoms with E-state index in [0.717, 1.165) is 13.0 Å². The van der Waals surface area contributed by atoms with Gasteiger partial charge in [0.05, 0.1) is 5.41 Å². The van der Waals surface area contributed by atoms with Gasteiger partial charge in [0, 0.05) is 19.5 Å². The third kappa shape index (κ3) is 3.86. The summed E-state index contributed by atoms with van der Waals surface area (Å²) in [7, 11) is 0. The van der Waals surface area contributed by atoms with E-state index in [2.05, 4.69) is 6.58 Å². The summed E-state index contributed by atoms with van der Waals surface area (Å²) in [6.07, 6.45) is 10.3. The van der Waals surface area contributed by atoms with Gasteiger partial charge in [0.15, 0.2) is 0 Å². The van der Waals surface area contributed by atoms with Gasteiger partial charge in [-0.2, -0.15) is 0 Å². The number of carbonyl (C=O) groups excluding carboxylic acids is 1. The fourth-order valence-electron chi connectivity index (χ4n) is 3.59. The lowest BCUT2D eigenvalue weighted by Crippen LogP contribution is -2.45. The first-order valence-electron chi connectivity index (χ1n) is 8.19. The quantitative estimate of drug-likeness (QED) is 0.733. The van der Waals surface area contributed by atoms with Crippen molar-refractivity contribution in [2.24, 2.45) is 11.3 Å². The molecule has 0 spiro atoms. The van der Waals surface area contributed by atoms with Crippen molar-refractivity contribution >= 4 is 11.9 Å². The first kappa shape index (κ1) is 16.1. The highest BCUT2D eigenvalue weighted by Gasteiger charge is 2.46. The number of hydrogen-bond acceptors (Lipinski definition) is 2. The number of nitrogens with zero attached hydrogens (tertiary/aromatic N) is 1. The average molecular weight is 293 g/mol. The van der Waals surface area contributed by atoms with Gasteiger partial charge in [-0.3, -0.25) is 9.59 Å². The molecule has 0 unspecified atom stereocenters. The molecule has 21 heavy (non-hydrogen) atoms. The van der Waals surface area contributed by atoms with Gasteiger partial charge < -0.3 is 10.0 Å². The number of amides is 1. The standard InChI is InChI=1S/C17H27NO3/c1-2-11-18(13-14-7-4-3-5-8-14)15(19)12-17(16(20)21)9-6-10-17/h2,14H,1,3-13H2,(H,20,21). The van der Waals surface area contributed by atoms with Crippen molar-refractivity contribution in [1.29, 1.82) is 0 Å². The van der Waals surface area contributed by atoms with Crippen LogP contribution in [0.2, 0.25) is 0 Å². The van der Waals surface area contributed by atoms with Crippen LogP contribution in [0.25, 0.3) is 0 Å². The first-order valence-corrected chi connectivity index (χ1v) is 8.19. The number of aliphatic carboxylic acids is 1. The lowest BCUT2D eigenvalue weighted by Gasteiger charge is -2.39. The van der Waals surface area contributed by atoms with Crippen molar-refractivity contribution < 1.29 is 14.7 Å². The fraction of sp³-hybridized carbons (Fsp3) is 0.765. The second kappa shape index (κ2) is 7.10. The maximum absolute atomic E-state index is 12.5. The Morgan fingerprint density at radius 1 is 1.19 bits per heavy atom. The molecule has 118 valence electrons. The van der Waals surface area contributed by atoms with Crippen LogP contribution >= 0.6 is 0 Å². The minimum Gasteiger partial charge on any atom is -0.481 e. The van der Waals surface area contributed by atoms with Gasteiger partial charge in [-0.15, -0.1) is 6.58 Å². The molecule has 2 rings (SSSR count). The van der Waals surface area contributed by atoms with Crippen LogP contribution in [0.1, 0.15) is 57.8 Å². The maximum Gasteiger partial charge on any atom is 0.310 e. The van der Waals surface area contributed by atoms with Gasteiger partial charge in [0.25, 0.3) is 0 Å². The van der Waals surface area contributed by atoms with Crippen molar-refractivity contribution in [2.45, 2.75) is 57.8 Å². The summed E-state index contributed by atoms with van der Waals surface area (Å²) >= 11 is 0. The Labute approximate surface area is 127 Å². The van der Waals surface area contributed by atoms with Crippen LogP contribution in [0.15, 0.2) is 12.7 Å². The number of carboxylic acid groups (broad SMARTS) is 1. The molecule has 0 heterocycles. The zero-order chi connectivity index (χ0) is 15.3. The topological polar surface area (TPSA) is 57.6 Å². The molecule has 0 aromatic rings. The van der Waals surface area contributed by atoms with Crippen LogP contribution in [0, 0.1) is 11.3 Å². The molecular formula is C17H27NO3. The predicted octanol–water partition coefficient (Wildman–Crippen LogP) is 3.23. The Morgan fingerprint density at radius 3 is 2.33 bits per heavy atom. The number of carbonyl (C=O) groups is 2. The normalized spacial score (nSPS) is 21.3. The Hall–Kier alpha value is -1.32. The zero-order valence-corrected chi connectivity index (χ0v) is 12.9. The zero-order valence-electron chi connectivity index (χ0n) is 12.9. The average Bonchev–Trinajstić information content (AvgIpc) is 2.43. The summed E-state index contributed by atoms with van der Waals surface area (Å²) in [6.45, 7) is 5.03. The second-order valence-electron chi connectivity index (χ2n) is 6.71. The molecule has 0 aliphatic heterocycles. The van der Waals surface area contributed by atoms with Crippen molar-refractivity contribution in [1.82, 2.24) is 4.90 Å². The molecule has 0 radical (unpaired) electrons. The van der Waals surface area contributed by atoms with Gasteiger partial charge >= 0.3 is 5.97 Å². The highest BCUT2D eigenvalue weighted by atomic mass is 16.4. The highest BCUT2D eigenvalue weighted by Crippen LogP contribution is 2.44. The van der Waals surface area contributed by atoms with E-state index in [0.29, 0.717) is 25.3 Å². The summed E-state index contributed by atoms with van der Waals surface area (Å²) in [5.74, 6) is -0.245. The number of rotatable bonds is 7. The fourth-order valence-corrected chi connectivity index (χ4v) is 3.59. The lowest BCUT2D eigenvalue weighted by molar-refractivity contribution is -0.159. The van der Waals surface area contributed by atoms with E-state index in [1.165, 1.54) is 32.1 Å². The molecule has 0 aromatic heterocycles. The molecule has 1 amide bonds. The molecule has 1 N–H and O–H groups in total. The summed E-state index contributed by atoms with van der Waals surface area (Å²) in [5.41, 5.74) is -0.789. The number of hydrogen-bond donors (Lipinski definition) is 1. The van der Waals surface area contributed by atoms with Crippen LogP contribution in [0.5, 0.6) is 0 Å². The first-order chi connectivity index (χ1) is 10.1. The van der Waals surface area contributed by atoms with Crippen LogP contribution in [0.4, 0.5) is 0 Å². The predicted molar refractivity (Wildman–Crippen MR) is 81.9 cm³/mol. The summed E-state index contributed by atoms with van der Waals surface area (Å²) in [5, 5.41) is 9.37. The Balaban J connectivity index is 1.94. The minimum absolute atomic E-state index is 0.0115. The largest absolute Gasteiger partial charge is 0.481 e. The second-order valence-corrected chi connectivity index (χ2v) is 6.71. The molecule has 0 aromatic carbocycles. The summed E-state index contributed by atoms with van der Waals surface area (Å²) in [6, 6.07) is 0. The van der Waals surface area contributed by atoms with E-state index in [1.54, 1.807) is 6.08 Å². The van der Waals surface area contributed by atoms with E-state index in [9.17, 15) is 14.7 Å². The smallest absolute Gasteiger partial charge is 0.310 e. The van der Waals surface area contributed by atoms with Gasteiger partial charge in [-0.1, -0.05) is 31.8 Å². The monoisotopic (exact) mass is 293 g/mol. The molecule has 0 atom stereocenters. The van der Waals surface area contributed by atoms with Gasteiger partial charge in [0.1, 0.15) is 0 Å². The van der Waals surface area contributed by atoms with Crippen molar-refractivity contribution in [2.75, 3.05) is 13.1 Å². The molecular weight excluding hydrogens is 266 g/mol. The molecule has 4 nitrogen and oxygen atoms in total.